The van der Waals surface area contributed by atoms with E-state index in [4.69, 9.17) is 11.0 Å². The van der Waals surface area contributed by atoms with Crippen LogP contribution in [0, 0.1) is 11.3 Å². The highest BCUT2D eigenvalue weighted by Crippen LogP contribution is 2.18. The molecular weight excluding hydrogens is 210 g/mol. The number of nitriles is 1. The molecule has 0 spiro atoms. The van der Waals surface area contributed by atoms with E-state index in [1.54, 1.807) is 0 Å². The molecule has 17 heavy (non-hydrogen) atoms. The Labute approximate surface area is 104 Å². The van der Waals surface area contributed by atoms with Crippen molar-refractivity contribution in [3.63, 3.8) is 0 Å². The van der Waals surface area contributed by atoms with Crippen molar-refractivity contribution in [2.45, 2.75) is 39.0 Å². The molecule has 1 aromatic rings. The minimum atomic E-state index is 0.372. The van der Waals surface area contributed by atoms with E-state index in [0.717, 1.165) is 17.8 Å². The molecule has 0 saturated carbocycles. The molecule has 3 nitrogen and oxygen atoms in total. The zero-order valence-corrected chi connectivity index (χ0v) is 10.5. The highest BCUT2D eigenvalue weighted by Gasteiger charge is 2.00. The number of benzene rings is 1. The molecule has 0 unspecified atom stereocenters. The lowest BCUT2D eigenvalue weighted by molar-refractivity contribution is 0.685. The second-order valence-electron chi connectivity index (χ2n) is 4.24. The minimum Gasteiger partial charge on any atom is -0.398 e. The molecule has 1 aromatic carbocycles. The largest absolute Gasteiger partial charge is 0.398 e. The first-order valence-corrected chi connectivity index (χ1v) is 6.27. The van der Waals surface area contributed by atoms with Gasteiger partial charge in [0.1, 0.15) is 0 Å². The molecule has 0 bridgehead atoms. The summed E-state index contributed by atoms with van der Waals surface area (Å²) in [6.07, 6.45) is 5.38. The lowest BCUT2D eigenvalue weighted by Gasteiger charge is -2.09. The van der Waals surface area contributed by atoms with Gasteiger partial charge in [0.15, 0.2) is 0 Å². The van der Waals surface area contributed by atoms with Crippen molar-refractivity contribution >= 4 is 11.4 Å². The summed E-state index contributed by atoms with van der Waals surface area (Å²) in [4.78, 5) is 0. The van der Waals surface area contributed by atoms with E-state index in [-0.39, 0.29) is 0 Å². The number of unbranched alkanes of at least 4 members (excludes halogenated alkanes) is 3. The fourth-order valence-corrected chi connectivity index (χ4v) is 1.74. The second-order valence-corrected chi connectivity index (χ2v) is 4.24. The third-order valence-electron chi connectivity index (χ3n) is 2.77. The van der Waals surface area contributed by atoms with Gasteiger partial charge in [0.2, 0.25) is 0 Å². The fraction of sp³-hybridized carbons (Fsp3) is 0.500. The average Bonchev–Trinajstić information content (AvgIpc) is 2.33. The van der Waals surface area contributed by atoms with Gasteiger partial charge in [-0.25, -0.2) is 0 Å². The predicted octanol–water partition coefficient (Wildman–Crippen LogP) is 3.33. The SMILES string of the molecule is CCCCCCNc1ccc(N)c(CC#N)c1. The second kappa shape index (κ2) is 7.56. The molecular formula is C14H21N3. The van der Waals surface area contributed by atoms with Crippen molar-refractivity contribution in [2.24, 2.45) is 0 Å². The third-order valence-corrected chi connectivity index (χ3v) is 2.77. The van der Waals surface area contributed by atoms with Gasteiger partial charge >= 0.3 is 0 Å². The van der Waals surface area contributed by atoms with Gasteiger partial charge in [-0.1, -0.05) is 26.2 Å². The maximum atomic E-state index is 8.68. The minimum absolute atomic E-state index is 0.372. The van der Waals surface area contributed by atoms with Gasteiger partial charge in [-0.15, -0.1) is 0 Å². The lowest BCUT2D eigenvalue weighted by atomic mass is 10.1. The Kier molecular flexibility index (Phi) is 5.95. The summed E-state index contributed by atoms with van der Waals surface area (Å²) in [5, 5.41) is 12.0. The van der Waals surface area contributed by atoms with Crippen molar-refractivity contribution < 1.29 is 0 Å². The van der Waals surface area contributed by atoms with E-state index >= 15 is 0 Å². The molecule has 0 atom stereocenters. The summed E-state index contributed by atoms with van der Waals surface area (Å²) >= 11 is 0. The van der Waals surface area contributed by atoms with Gasteiger partial charge in [0.25, 0.3) is 0 Å². The number of nitrogens with one attached hydrogen (secondary N) is 1. The normalized spacial score (nSPS) is 9.88. The lowest BCUT2D eigenvalue weighted by Crippen LogP contribution is -2.03. The van der Waals surface area contributed by atoms with Gasteiger partial charge in [0, 0.05) is 17.9 Å². The Hall–Kier alpha value is -1.69. The number of nitrogens with zero attached hydrogens (tertiary/aromatic N) is 1. The van der Waals surface area contributed by atoms with Crippen LogP contribution in [-0.4, -0.2) is 6.54 Å². The highest BCUT2D eigenvalue weighted by atomic mass is 14.9. The van der Waals surface area contributed by atoms with Crippen LogP contribution in [0.25, 0.3) is 0 Å². The molecule has 0 aliphatic rings. The van der Waals surface area contributed by atoms with Gasteiger partial charge in [-0.2, -0.15) is 5.26 Å². The molecule has 0 saturated heterocycles. The van der Waals surface area contributed by atoms with Gasteiger partial charge in [-0.3, -0.25) is 0 Å². The van der Waals surface area contributed by atoms with Crippen LogP contribution in [-0.2, 0) is 6.42 Å². The summed E-state index contributed by atoms with van der Waals surface area (Å²) < 4.78 is 0. The number of nitrogen functional groups attached to an aromatic ring is 1. The van der Waals surface area contributed by atoms with E-state index < -0.39 is 0 Å². The molecule has 3 N–H and O–H groups in total. The smallest absolute Gasteiger partial charge is 0.0670 e. The molecule has 0 heterocycles. The van der Waals surface area contributed by atoms with Crippen LogP contribution in [0.15, 0.2) is 18.2 Å². The zero-order valence-electron chi connectivity index (χ0n) is 10.5. The van der Waals surface area contributed by atoms with Crippen LogP contribution in [0.4, 0.5) is 11.4 Å². The molecule has 0 amide bonds. The van der Waals surface area contributed by atoms with Crippen LogP contribution < -0.4 is 11.1 Å². The molecule has 0 fully saturated rings. The van der Waals surface area contributed by atoms with Gasteiger partial charge in [-0.05, 0) is 30.2 Å². The first-order valence-electron chi connectivity index (χ1n) is 6.27. The van der Waals surface area contributed by atoms with Crippen LogP contribution in [0.2, 0.25) is 0 Å². The molecule has 0 aliphatic heterocycles. The first-order chi connectivity index (χ1) is 8.27. The summed E-state index contributed by atoms with van der Waals surface area (Å²) in [6, 6.07) is 7.93. The molecule has 0 aromatic heterocycles. The van der Waals surface area contributed by atoms with E-state index in [2.05, 4.69) is 18.3 Å². The average molecular weight is 231 g/mol. The summed E-state index contributed by atoms with van der Waals surface area (Å²) in [7, 11) is 0. The van der Waals surface area contributed by atoms with Crippen molar-refractivity contribution in [1.29, 1.82) is 5.26 Å². The van der Waals surface area contributed by atoms with Crippen LogP contribution in [0.5, 0.6) is 0 Å². The monoisotopic (exact) mass is 231 g/mol. The van der Waals surface area contributed by atoms with Crippen molar-refractivity contribution in [2.75, 3.05) is 17.6 Å². The highest BCUT2D eigenvalue weighted by molar-refractivity contribution is 5.57. The van der Waals surface area contributed by atoms with Crippen LogP contribution >= 0.6 is 0 Å². The Bertz CT molecular complexity index is 380. The summed E-state index contributed by atoms with van der Waals surface area (Å²) in [5.74, 6) is 0. The van der Waals surface area contributed by atoms with Gasteiger partial charge in [0.05, 0.1) is 12.5 Å². The Morgan fingerprint density at radius 1 is 1.29 bits per heavy atom. The maximum absolute atomic E-state index is 8.68. The number of rotatable bonds is 7. The Morgan fingerprint density at radius 2 is 2.12 bits per heavy atom. The fourth-order valence-electron chi connectivity index (χ4n) is 1.74. The first kappa shape index (κ1) is 13.4. The van der Waals surface area contributed by atoms with E-state index in [1.807, 2.05) is 18.2 Å². The van der Waals surface area contributed by atoms with E-state index in [1.165, 1.54) is 25.7 Å². The third kappa shape index (κ3) is 4.78. The number of hydrogen-bond acceptors (Lipinski definition) is 3. The zero-order chi connectivity index (χ0) is 12.5. The molecule has 92 valence electrons. The summed E-state index contributed by atoms with van der Waals surface area (Å²) in [5.41, 5.74) is 8.45. The topological polar surface area (TPSA) is 61.8 Å². The molecule has 3 heteroatoms. The summed E-state index contributed by atoms with van der Waals surface area (Å²) in [6.45, 7) is 3.19. The number of hydrogen-bond donors (Lipinski definition) is 2. The van der Waals surface area contributed by atoms with Crippen molar-refractivity contribution in [3.8, 4) is 6.07 Å². The molecule has 0 radical (unpaired) electrons. The quantitative estimate of drug-likeness (QED) is 0.559. The van der Waals surface area contributed by atoms with Crippen molar-refractivity contribution in [3.05, 3.63) is 23.8 Å². The maximum Gasteiger partial charge on any atom is 0.0670 e. The van der Waals surface area contributed by atoms with Gasteiger partial charge < -0.3 is 11.1 Å². The number of anilines is 2. The Morgan fingerprint density at radius 3 is 2.82 bits per heavy atom. The number of nitrogens with two attached hydrogens (primary N) is 1. The van der Waals surface area contributed by atoms with Crippen LogP contribution in [0.3, 0.4) is 0 Å². The van der Waals surface area contributed by atoms with Crippen molar-refractivity contribution in [1.82, 2.24) is 0 Å². The Balaban J connectivity index is 2.43. The van der Waals surface area contributed by atoms with E-state index in [0.29, 0.717) is 12.1 Å². The van der Waals surface area contributed by atoms with Crippen LogP contribution in [0.1, 0.15) is 38.2 Å². The van der Waals surface area contributed by atoms with E-state index in [9.17, 15) is 0 Å². The molecule has 0 aliphatic carbocycles. The predicted molar refractivity (Wildman–Crippen MR) is 72.8 cm³/mol. The standard InChI is InChI=1S/C14H21N3/c1-2-3-4-5-10-17-13-6-7-14(16)12(11-13)8-9-15/h6-7,11,17H,2-5,8,10,16H2,1H3. The molecule has 1 rings (SSSR count).